The Hall–Kier alpha value is -1.69. The van der Waals surface area contributed by atoms with E-state index in [-0.39, 0.29) is 12.0 Å². The van der Waals surface area contributed by atoms with Gasteiger partial charge in [-0.05, 0) is 32.6 Å². The highest BCUT2D eigenvalue weighted by Crippen LogP contribution is 2.28. The summed E-state index contributed by atoms with van der Waals surface area (Å²) >= 11 is 0. The fourth-order valence-corrected chi connectivity index (χ4v) is 3.25. The van der Waals surface area contributed by atoms with Gasteiger partial charge in [0.25, 0.3) is 0 Å². The first kappa shape index (κ1) is 15.2. The number of anilines is 1. The zero-order valence-corrected chi connectivity index (χ0v) is 13.4. The van der Waals surface area contributed by atoms with E-state index in [9.17, 15) is 4.79 Å². The third-order valence-electron chi connectivity index (χ3n) is 4.29. The number of nitrogens with one attached hydrogen (secondary N) is 1. The van der Waals surface area contributed by atoms with E-state index in [2.05, 4.69) is 15.2 Å². The highest BCUT2D eigenvalue weighted by molar-refractivity contribution is 5.72. The summed E-state index contributed by atoms with van der Waals surface area (Å²) in [4.78, 5) is 22.7. The molecule has 0 radical (unpaired) electrons. The fourth-order valence-electron chi connectivity index (χ4n) is 3.25. The Kier molecular flexibility index (Phi) is 4.57. The summed E-state index contributed by atoms with van der Waals surface area (Å²) in [7, 11) is 0. The number of carbonyl (C=O) groups is 1. The van der Waals surface area contributed by atoms with Crippen LogP contribution in [0, 0.1) is 6.92 Å². The maximum Gasteiger partial charge on any atom is 0.216 e. The van der Waals surface area contributed by atoms with Crippen molar-refractivity contribution in [1.82, 2.24) is 15.3 Å². The van der Waals surface area contributed by atoms with Gasteiger partial charge < -0.3 is 15.0 Å². The molecule has 6 nitrogen and oxygen atoms in total. The number of hydrogen-bond acceptors (Lipinski definition) is 5. The molecule has 0 aromatic carbocycles. The molecular formula is C16H24N4O2. The SMILES string of the molecule is CC(=O)NC[C@@H]1CN(c2nc(C)nc3c2CCCC3)CCO1. The third kappa shape index (κ3) is 3.38. The number of rotatable bonds is 3. The van der Waals surface area contributed by atoms with Gasteiger partial charge >= 0.3 is 0 Å². The van der Waals surface area contributed by atoms with Gasteiger partial charge in [-0.3, -0.25) is 4.79 Å². The number of aryl methyl sites for hydroxylation is 2. The van der Waals surface area contributed by atoms with Crippen LogP contribution in [-0.2, 0) is 22.4 Å². The van der Waals surface area contributed by atoms with Crippen LogP contribution in [0.4, 0.5) is 5.82 Å². The Morgan fingerprint density at radius 1 is 1.36 bits per heavy atom. The second-order valence-corrected chi connectivity index (χ2v) is 6.10. The number of nitrogens with zero attached hydrogens (tertiary/aromatic N) is 3. The maximum absolute atomic E-state index is 11.1. The van der Waals surface area contributed by atoms with Crippen LogP contribution < -0.4 is 10.2 Å². The minimum absolute atomic E-state index is 0.0176. The molecule has 120 valence electrons. The van der Waals surface area contributed by atoms with Crippen LogP contribution >= 0.6 is 0 Å². The molecule has 1 aliphatic carbocycles. The normalized spacial score (nSPS) is 21.4. The average molecular weight is 304 g/mol. The van der Waals surface area contributed by atoms with Crippen LogP contribution in [0.2, 0.25) is 0 Å². The first-order valence-electron chi connectivity index (χ1n) is 8.11. The van der Waals surface area contributed by atoms with Gasteiger partial charge in [-0.15, -0.1) is 0 Å². The first-order chi connectivity index (χ1) is 10.6. The Labute approximate surface area is 131 Å². The summed E-state index contributed by atoms with van der Waals surface area (Å²) in [6.07, 6.45) is 4.58. The topological polar surface area (TPSA) is 67.4 Å². The van der Waals surface area contributed by atoms with Crippen molar-refractivity contribution in [3.63, 3.8) is 0 Å². The molecule has 0 saturated carbocycles. The Bertz CT molecular complexity index is 561. The monoisotopic (exact) mass is 304 g/mol. The quantitative estimate of drug-likeness (QED) is 0.902. The van der Waals surface area contributed by atoms with Crippen LogP contribution in [-0.4, -0.2) is 48.2 Å². The highest BCUT2D eigenvalue weighted by Gasteiger charge is 2.26. The van der Waals surface area contributed by atoms with Gasteiger partial charge in [0.1, 0.15) is 11.6 Å². The van der Waals surface area contributed by atoms with Crippen molar-refractivity contribution in [1.29, 1.82) is 0 Å². The molecule has 1 atom stereocenters. The van der Waals surface area contributed by atoms with Crippen molar-refractivity contribution < 1.29 is 9.53 Å². The van der Waals surface area contributed by atoms with E-state index >= 15 is 0 Å². The molecule has 2 heterocycles. The fraction of sp³-hybridized carbons (Fsp3) is 0.688. The van der Waals surface area contributed by atoms with Crippen LogP contribution in [0.1, 0.15) is 36.8 Å². The molecule has 6 heteroatoms. The summed E-state index contributed by atoms with van der Waals surface area (Å²) in [5.41, 5.74) is 2.54. The van der Waals surface area contributed by atoms with Crippen LogP contribution in [0.25, 0.3) is 0 Å². The van der Waals surface area contributed by atoms with Crippen LogP contribution in [0.15, 0.2) is 0 Å². The van der Waals surface area contributed by atoms with E-state index in [0.717, 1.165) is 37.6 Å². The second-order valence-electron chi connectivity index (χ2n) is 6.10. The number of carbonyl (C=O) groups excluding carboxylic acids is 1. The standard InChI is InChI=1S/C16H24N4O2/c1-11-18-15-6-4-3-5-14(15)16(19-11)20-7-8-22-13(10-20)9-17-12(2)21/h13H,3-10H2,1-2H3,(H,17,21)/t13-/m1/s1. The molecule has 1 amide bonds. The van der Waals surface area contributed by atoms with E-state index in [1.54, 1.807) is 0 Å². The third-order valence-corrected chi connectivity index (χ3v) is 4.29. The first-order valence-corrected chi connectivity index (χ1v) is 8.11. The minimum atomic E-state index is -0.0176. The van der Waals surface area contributed by atoms with Gasteiger partial charge in [0.2, 0.25) is 5.91 Å². The van der Waals surface area contributed by atoms with Gasteiger partial charge in [-0.1, -0.05) is 0 Å². The lowest BCUT2D eigenvalue weighted by Crippen LogP contribution is -2.48. The zero-order valence-electron chi connectivity index (χ0n) is 13.4. The van der Waals surface area contributed by atoms with Crippen molar-refractivity contribution in [2.24, 2.45) is 0 Å². The number of ether oxygens (including phenoxy) is 1. The number of aromatic nitrogens is 2. The lowest BCUT2D eigenvalue weighted by molar-refractivity contribution is -0.119. The van der Waals surface area contributed by atoms with Gasteiger partial charge in [0, 0.05) is 37.8 Å². The number of morpholine rings is 1. The molecule has 2 aliphatic rings. The molecule has 22 heavy (non-hydrogen) atoms. The van der Waals surface area contributed by atoms with Crippen molar-refractivity contribution in [3.8, 4) is 0 Å². The highest BCUT2D eigenvalue weighted by atomic mass is 16.5. The minimum Gasteiger partial charge on any atom is -0.373 e. The molecule has 1 aromatic heterocycles. The van der Waals surface area contributed by atoms with Gasteiger partial charge in [0.15, 0.2) is 0 Å². The summed E-state index contributed by atoms with van der Waals surface area (Å²) in [5, 5.41) is 2.84. The molecular weight excluding hydrogens is 280 g/mol. The molecule has 0 unspecified atom stereocenters. The summed E-state index contributed by atoms with van der Waals surface area (Å²) < 4.78 is 5.75. The number of hydrogen-bond donors (Lipinski definition) is 1. The molecule has 1 saturated heterocycles. The lowest BCUT2D eigenvalue weighted by Gasteiger charge is -2.35. The Balaban J connectivity index is 1.78. The van der Waals surface area contributed by atoms with E-state index in [0.29, 0.717) is 13.2 Å². The zero-order chi connectivity index (χ0) is 15.5. The Morgan fingerprint density at radius 2 is 2.18 bits per heavy atom. The summed E-state index contributed by atoms with van der Waals surface area (Å²) in [6.45, 7) is 6.33. The molecule has 0 bridgehead atoms. The largest absolute Gasteiger partial charge is 0.373 e. The number of amides is 1. The molecule has 0 spiro atoms. The molecule has 1 aromatic rings. The van der Waals surface area contributed by atoms with Gasteiger partial charge in [0.05, 0.1) is 12.7 Å². The molecule has 3 rings (SSSR count). The smallest absolute Gasteiger partial charge is 0.216 e. The molecule has 1 fully saturated rings. The average Bonchev–Trinajstić information content (AvgIpc) is 2.52. The predicted molar refractivity (Wildman–Crippen MR) is 84.0 cm³/mol. The predicted octanol–water partition coefficient (Wildman–Crippen LogP) is 1.01. The van der Waals surface area contributed by atoms with Crippen LogP contribution in [0.3, 0.4) is 0 Å². The van der Waals surface area contributed by atoms with Crippen molar-refractivity contribution >= 4 is 11.7 Å². The van der Waals surface area contributed by atoms with E-state index in [1.807, 2.05) is 6.92 Å². The van der Waals surface area contributed by atoms with E-state index in [4.69, 9.17) is 9.72 Å². The van der Waals surface area contributed by atoms with Gasteiger partial charge in [-0.25, -0.2) is 9.97 Å². The summed E-state index contributed by atoms with van der Waals surface area (Å²) in [5.74, 6) is 1.91. The molecule has 1 N–H and O–H groups in total. The maximum atomic E-state index is 11.1. The van der Waals surface area contributed by atoms with Crippen molar-refractivity contribution in [3.05, 3.63) is 17.1 Å². The Morgan fingerprint density at radius 3 is 3.00 bits per heavy atom. The van der Waals surface area contributed by atoms with Gasteiger partial charge in [-0.2, -0.15) is 0 Å². The van der Waals surface area contributed by atoms with E-state index in [1.165, 1.54) is 31.0 Å². The number of fused-ring (bicyclic) bond motifs is 1. The van der Waals surface area contributed by atoms with Crippen molar-refractivity contribution in [2.75, 3.05) is 31.1 Å². The van der Waals surface area contributed by atoms with E-state index < -0.39 is 0 Å². The lowest BCUT2D eigenvalue weighted by atomic mass is 9.96. The molecule has 1 aliphatic heterocycles. The second kappa shape index (κ2) is 6.60. The van der Waals surface area contributed by atoms with Crippen LogP contribution in [0.5, 0.6) is 0 Å². The summed E-state index contributed by atoms with van der Waals surface area (Å²) in [6, 6.07) is 0. The van der Waals surface area contributed by atoms with Crippen molar-refractivity contribution in [2.45, 2.75) is 45.6 Å².